The third-order valence-electron chi connectivity index (χ3n) is 3.39. The highest BCUT2D eigenvalue weighted by atomic mass is 16.3. The lowest BCUT2D eigenvalue weighted by molar-refractivity contribution is 0.00976. The van der Waals surface area contributed by atoms with Crippen LogP contribution in [0.1, 0.15) is 13.8 Å². The maximum atomic E-state index is 9.27. The van der Waals surface area contributed by atoms with Gasteiger partial charge in [0.1, 0.15) is 0 Å². The number of hydrogen-bond acceptors (Lipinski definition) is 3. The second-order valence-corrected chi connectivity index (χ2v) is 4.61. The molecule has 2 atom stereocenters. The first-order chi connectivity index (χ1) is 5.47. The third-order valence-corrected chi connectivity index (χ3v) is 3.39. The van der Waals surface area contributed by atoms with Gasteiger partial charge in [0, 0.05) is 23.9 Å². The Bertz CT molecular complexity index is 156. The number of nitrogens with zero attached hydrogens (tertiary/aromatic N) is 1. The largest absolute Gasteiger partial charge is 0.396 e. The van der Waals surface area contributed by atoms with E-state index in [1.54, 1.807) is 0 Å². The number of aliphatic hydroxyl groups excluding tert-OH is 2. The number of aliphatic hydroxyl groups is 2. The van der Waals surface area contributed by atoms with Crippen LogP contribution in [0.3, 0.4) is 0 Å². The van der Waals surface area contributed by atoms with Crippen molar-refractivity contribution in [3.63, 3.8) is 0 Å². The molecule has 3 heteroatoms. The van der Waals surface area contributed by atoms with Crippen LogP contribution in [0.4, 0.5) is 0 Å². The summed E-state index contributed by atoms with van der Waals surface area (Å²) in [4.78, 5) is 2.16. The number of rotatable bonds is 2. The van der Waals surface area contributed by atoms with Crippen molar-refractivity contribution >= 4 is 0 Å². The van der Waals surface area contributed by atoms with E-state index in [-0.39, 0.29) is 24.0 Å². The lowest BCUT2D eigenvalue weighted by atomic mass is 9.69. The molecule has 1 aliphatic rings. The van der Waals surface area contributed by atoms with Crippen molar-refractivity contribution in [2.45, 2.75) is 13.8 Å². The molecule has 0 aromatic carbocycles. The van der Waals surface area contributed by atoms with Crippen LogP contribution in [-0.4, -0.2) is 48.5 Å². The fourth-order valence-corrected chi connectivity index (χ4v) is 2.11. The highest BCUT2D eigenvalue weighted by molar-refractivity contribution is 5.00. The van der Waals surface area contributed by atoms with Crippen molar-refractivity contribution < 1.29 is 10.2 Å². The Hall–Kier alpha value is -0.120. The molecule has 72 valence electrons. The standard InChI is InChI=1S/C9H19NO2/c1-8(6-11)4-10(3)5-9(8,2)7-12/h11-12H,4-7H2,1-3H3/t8-,9+. The van der Waals surface area contributed by atoms with Crippen LogP contribution in [0.25, 0.3) is 0 Å². The molecule has 0 aromatic rings. The maximum absolute atomic E-state index is 9.27. The highest BCUT2D eigenvalue weighted by Gasteiger charge is 2.50. The van der Waals surface area contributed by atoms with E-state index in [4.69, 9.17) is 0 Å². The van der Waals surface area contributed by atoms with Crippen molar-refractivity contribution in [1.82, 2.24) is 4.90 Å². The first kappa shape index (κ1) is 9.96. The summed E-state index contributed by atoms with van der Waals surface area (Å²) in [6, 6.07) is 0. The summed E-state index contributed by atoms with van der Waals surface area (Å²) in [6.07, 6.45) is 0. The van der Waals surface area contributed by atoms with Crippen molar-refractivity contribution in [1.29, 1.82) is 0 Å². The Morgan fingerprint density at radius 2 is 1.42 bits per heavy atom. The zero-order valence-electron chi connectivity index (χ0n) is 8.17. The summed E-state index contributed by atoms with van der Waals surface area (Å²) in [6.45, 7) is 6.09. The lowest BCUT2D eigenvalue weighted by Gasteiger charge is -2.36. The Kier molecular flexibility index (Phi) is 2.47. The van der Waals surface area contributed by atoms with E-state index in [1.807, 2.05) is 20.9 Å². The Morgan fingerprint density at radius 1 is 1.08 bits per heavy atom. The van der Waals surface area contributed by atoms with Crippen LogP contribution < -0.4 is 0 Å². The molecule has 3 nitrogen and oxygen atoms in total. The first-order valence-electron chi connectivity index (χ1n) is 4.38. The maximum Gasteiger partial charge on any atom is 0.0503 e. The summed E-state index contributed by atoms with van der Waals surface area (Å²) in [5, 5.41) is 18.5. The molecule has 0 bridgehead atoms. The Labute approximate surface area is 74.0 Å². The molecular weight excluding hydrogens is 154 g/mol. The molecule has 12 heavy (non-hydrogen) atoms. The van der Waals surface area contributed by atoms with Gasteiger partial charge in [-0.3, -0.25) is 0 Å². The van der Waals surface area contributed by atoms with Gasteiger partial charge in [0.2, 0.25) is 0 Å². The van der Waals surface area contributed by atoms with Crippen LogP contribution in [-0.2, 0) is 0 Å². The number of hydrogen-bond donors (Lipinski definition) is 2. The van der Waals surface area contributed by atoms with Crippen LogP contribution >= 0.6 is 0 Å². The van der Waals surface area contributed by atoms with E-state index in [0.717, 1.165) is 13.1 Å². The molecule has 2 N–H and O–H groups in total. The van der Waals surface area contributed by atoms with Crippen LogP contribution in [0.5, 0.6) is 0 Å². The van der Waals surface area contributed by atoms with Gasteiger partial charge >= 0.3 is 0 Å². The number of likely N-dealkylation sites (tertiary alicyclic amines) is 1. The topological polar surface area (TPSA) is 43.7 Å². The second-order valence-electron chi connectivity index (χ2n) is 4.61. The molecule has 1 aliphatic heterocycles. The van der Waals surface area contributed by atoms with E-state index in [9.17, 15) is 10.2 Å². The SMILES string of the molecule is CN1C[C@](C)(CO)[C@](C)(CO)C1. The van der Waals surface area contributed by atoms with Gasteiger partial charge in [0.15, 0.2) is 0 Å². The normalized spacial score (nSPS) is 43.8. The summed E-state index contributed by atoms with van der Waals surface area (Å²) in [5.41, 5.74) is -0.312. The average Bonchev–Trinajstić information content (AvgIpc) is 2.25. The fraction of sp³-hybridized carbons (Fsp3) is 1.00. The monoisotopic (exact) mass is 173 g/mol. The predicted molar refractivity (Wildman–Crippen MR) is 47.9 cm³/mol. The minimum atomic E-state index is -0.156. The van der Waals surface area contributed by atoms with Crippen LogP contribution in [0, 0.1) is 10.8 Å². The van der Waals surface area contributed by atoms with Gasteiger partial charge in [-0.05, 0) is 7.05 Å². The van der Waals surface area contributed by atoms with Crippen molar-refractivity contribution in [2.75, 3.05) is 33.4 Å². The molecule has 0 radical (unpaired) electrons. The molecule has 0 unspecified atom stereocenters. The molecular formula is C9H19NO2. The molecule has 1 saturated heterocycles. The van der Waals surface area contributed by atoms with Gasteiger partial charge in [-0.15, -0.1) is 0 Å². The molecule has 1 fully saturated rings. The highest BCUT2D eigenvalue weighted by Crippen LogP contribution is 2.44. The Morgan fingerprint density at radius 3 is 1.67 bits per heavy atom. The van der Waals surface area contributed by atoms with Gasteiger partial charge in [-0.25, -0.2) is 0 Å². The van der Waals surface area contributed by atoms with Crippen molar-refractivity contribution in [2.24, 2.45) is 10.8 Å². The van der Waals surface area contributed by atoms with Gasteiger partial charge in [0.05, 0.1) is 13.2 Å². The zero-order valence-corrected chi connectivity index (χ0v) is 8.17. The molecule has 0 aromatic heterocycles. The van der Waals surface area contributed by atoms with E-state index in [1.165, 1.54) is 0 Å². The molecule has 0 aliphatic carbocycles. The summed E-state index contributed by atoms with van der Waals surface area (Å²) >= 11 is 0. The van der Waals surface area contributed by atoms with Crippen LogP contribution in [0.2, 0.25) is 0 Å². The summed E-state index contributed by atoms with van der Waals surface area (Å²) < 4.78 is 0. The summed E-state index contributed by atoms with van der Waals surface area (Å²) in [5.74, 6) is 0. The predicted octanol–water partition coefficient (Wildman–Crippen LogP) is -0.0710. The van der Waals surface area contributed by atoms with Crippen LogP contribution in [0.15, 0.2) is 0 Å². The van der Waals surface area contributed by atoms with E-state index in [0.29, 0.717) is 0 Å². The van der Waals surface area contributed by atoms with Gasteiger partial charge in [-0.1, -0.05) is 13.8 Å². The van der Waals surface area contributed by atoms with Crippen molar-refractivity contribution in [3.05, 3.63) is 0 Å². The zero-order chi connectivity index (χ0) is 9.41. The Balaban J connectivity index is 2.85. The van der Waals surface area contributed by atoms with Gasteiger partial charge in [-0.2, -0.15) is 0 Å². The first-order valence-corrected chi connectivity index (χ1v) is 4.38. The van der Waals surface area contributed by atoms with Gasteiger partial charge < -0.3 is 15.1 Å². The van der Waals surface area contributed by atoms with Crippen molar-refractivity contribution in [3.8, 4) is 0 Å². The smallest absolute Gasteiger partial charge is 0.0503 e. The molecule has 1 heterocycles. The quantitative estimate of drug-likeness (QED) is 0.614. The van der Waals surface area contributed by atoms with E-state index >= 15 is 0 Å². The fourth-order valence-electron chi connectivity index (χ4n) is 2.11. The average molecular weight is 173 g/mol. The molecule has 1 rings (SSSR count). The minimum Gasteiger partial charge on any atom is -0.396 e. The molecule has 0 spiro atoms. The molecule has 0 amide bonds. The lowest BCUT2D eigenvalue weighted by Crippen LogP contribution is -2.41. The molecule has 0 saturated carbocycles. The van der Waals surface area contributed by atoms with Gasteiger partial charge in [0.25, 0.3) is 0 Å². The van der Waals surface area contributed by atoms with E-state index in [2.05, 4.69) is 4.90 Å². The second kappa shape index (κ2) is 2.98. The third kappa shape index (κ3) is 1.26. The minimum absolute atomic E-state index is 0.147. The summed E-state index contributed by atoms with van der Waals surface area (Å²) in [7, 11) is 2.02. The van der Waals surface area contributed by atoms with E-state index < -0.39 is 0 Å².